The molecule has 0 amide bonds. The summed E-state index contributed by atoms with van der Waals surface area (Å²) in [6.45, 7) is 5.37. The summed E-state index contributed by atoms with van der Waals surface area (Å²) in [5.41, 5.74) is 2.21. The Balaban J connectivity index is 2.14. The Morgan fingerprint density at radius 1 is 1.37 bits per heavy atom. The monoisotopic (exact) mass is 260 g/mol. The molecule has 0 aliphatic rings. The van der Waals surface area contributed by atoms with E-state index in [1.807, 2.05) is 38.1 Å². The highest BCUT2D eigenvalue weighted by Crippen LogP contribution is 2.18. The van der Waals surface area contributed by atoms with Crippen molar-refractivity contribution in [2.45, 2.75) is 20.4 Å². The maximum absolute atomic E-state index is 10.7. The van der Waals surface area contributed by atoms with Gasteiger partial charge >= 0.3 is 5.97 Å². The zero-order valence-electron chi connectivity index (χ0n) is 11.0. The van der Waals surface area contributed by atoms with Gasteiger partial charge in [-0.25, -0.2) is 4.79 Å². The molecule has 2 rings (SSSR count). The van der Waals surface area contributed by atoms with Crippen LogP contribution in [-0.2, 0) is 6.54 Å². The molecule has 0 unspecified atom stereocenters. The Labute approximate surface area is 111 Å². The number of hydrogen-bond acceptors (Lipinski definition) is 4. The lowest BCUT2D eigenvalue weighted by Crippen LogP contribution is -2.21. The lowest BCUT2D eigenvalue weighted by atomic mass is 10.2. The third-order valence-electron chi connectivity index (χ3n) is 2.91. The van der Waals surface area contributed by atoms with Crippen molar-refractivity contribution in [1.29, 1.82) is 0 Å². The summed E-state index contributed by atoms with van der Waals surface area (Å²) in [5, 5.41) is 12.3. The Morgan fingerprint density at radius 3 is 2.58 bits per heavy atom. The molecule has 19 heavy (non-hydrogen) atoms. The van der Waals surface area contributed by atoms with Crippen molar-refractivity contribution in [3.05, 3.63) is 47.3 Å². The topological polar surface area (TPSA) is 66.6 Å². The molecular formula is C14H16N2O3. The molecule has 5 heteroatoms. The molecule has 1 N–H and O–H groups in total. The van der Waals surface area contributed by atoms with Crippen molar-refractivity contribution in [2.75, 3.05) is 11.4 Å². The summed E-state index contributed by atoms with van der Waals surface area (Å²) >= 11 is 0. The maximum Gasteiger partial charge on any atom is 0.358 e. The van der Waals surface area contributed by atoms with Crippen LogP contribution in [-0.4, -0.2) is 22.8 Å². The van der Waals surface area contributed by atoms with Gasteiger partial charge in [-0.3, -0.25) is 0 Å². The molecule has 0 spiro atoms. The van der Waals surface area contributed by atoms with E-state index >= 15 is 0 Å². The Kier molecular flexibility index (Phi) is 3.85. The van der Waals surface area contributed by atoms with Gasteiger partial charge in [0.25, 0.3) is 0 Å². The number of hydrogen-bond donors (Lipinski definition) is 1. The average molecular weight is 260 g/mol. The zero-order valence-corrected chi connectivity index (χ0v) is 11.0. The lowest BCUT2D eigenvalue weighted by molar-refractivity contribution is 0.0685. The average Bonchev–Trinajstić information content (AvgIpc) is 2.86. The third kappa shape index (κ3) is 3.13. The molecule has 2 aromatic rings. The number of anilines is 1. The van der Waals surface area contributed by atoms with E-state index in [-0.39, 0.29) is 5.69 Å². The molecule has 0 saturated carbocycles. The van der Waals surface area contributed by atoms with E-state index in [1.165, 1.54) is 11.6 Å². The third-order valence-corrected chi connectivity index (χ3v) is 2.91. The number of rotatable bonds is 5. The van der Waals surface area contributed by atoms with Crippen LogP contribution in [0.2, 0.25) is 0 Å². The molecule has 0 fully saturated rings. The van der Waals surface area contributed by atoms with E-state index in [1.54, 1.807) is 0 Å². The summed E-state index contributed by atoms with van der Waals surface area (Å²) in [5.74, 6) is -0.534. The van der Waals surface area contributed by atoms with Crippen LogP contribution in [0.25, 0.3) is 0 Å². The Morgan fingerprint density at radius 2 is 2.05 bits per heavy atom. The van der Waals surface area contributed by atoms with E-state index < -0.39 is 5.97 Å². The van der Waals surface area contributed by atoms with Gasteiger partial charge < -0.3 is 14.5 Å². The number of aromatic nitrogens is 1. The predicted molar refractivity (Wildman–Crippen MR) is 71.4 cm³/mol. The number of benzene rings is 1. The van der Waals surface area contributed by atoms with Crippen LogP contribution in [0, 0.1) is 6.92 Å². The van der Waals surface area contributed by atoms with Gasteiger partial charge in [0.15, 0.2) is 11.5 Å². The number of aromatic carboxylic acids is 1. The van der Waals surface area contributed by atoms with E-state index in [4.69, 9.17) is 9.63 Å². The first-order valence-corrected chi connectivity index (χ1v) is 6.10. The van der Waals surface area contributed by atoms with E-state index in [9.17, 15) is 4.79 Å². The number of carbonyl (C=O) groups is 1. The fraction of sp³-hybridized carbons (Fsp3) is 0.286. The number of nitrogens with zero attached hydrogens (tertiary/aromatic N) is 2. The van der Waals surface area contributed by atoms with Gasteiger partial charge in [0.2, 0.25) is 0 Å². The maximum atomic E-state index is 10.7. The fourth-order valence-electron chi connectivity index (χ4n) is 1.82. The van der Waals surface area contributed by atoms with Crippen molar-refractivity contribution in [3.63, 3.8) is 0 Å². The summed E-state index contributed by atoms with van der Waals surface area (Å²) in [7, 11) is 0. The standard InChI is InChI=1S/C14H16N2O3/c1-3-16(11-6-4-10(2)5-7-11)9-12-8-13(14(17)18)15-19-12/h4-8H,3,9H2,1-2H3,(H,17,18). The van der Waals surface area contributed by atoms with Crippen molar-refractivity contribution >= 4 is 11.7 Å². The van der Waals surface area contributed by atoms with Crippen LogP contribution >= 0.6 is 0 Å². The van der Waals surface area contributed by atoms with Crippen LogP contribution in [0.4, 0.5) is 5.69 Å². The van der Waals surface area contributed by atoms with Gasteiger partial charge in [0, 0.05) is 18.3 Å². The van der Waals surface area contributed by atoms with Gasteiger partial charge in [-0.15, -0.1) is 0 Å². The van der Waals surface area contributed by atoms with Crippen LogP contribution in [0.15, 0.2) is 34.9 Å². The highest BCUT2D eigenvalue weighted by Gasteiger charge is 2.13. The second-order valence-electron chi connectivity index (χ2n) is 4.33. The van der Waals surface area contributed by atoms with Crippen molar-refractivity contribution in [3.8, 4) is 0 Å². The van der Waals surface area contributed by atoms with E-state index in [0.717, 1.165) is 12.2 Å². The molecule has 0 aliphatic carbocycles. The van der Waals surface area contributed by atoms with Crippen molar-refractivity contribution in [2.24, 2.45) is 0 Å². The minimum Gasteiger partial charge on any atom is -0.476 e. The minimum absolute atomic E-state index is 0.0602. The summed E-state index contributed by atoms with van der Waals surface area (Å²) in [4.78, 5) is 12.8. The first-order valence-electron chi connectivity index (χ1n) is 6.10. The molecule has 100 valence electrons. The molecule has 0 atom stereocenters. The van der Waals surface area contributed by atoms with E-state index in [0.29, 0.717) is 12.3 Å². The molecule has 5 nitrogen and oxygen atoms in total. The summed E-state index contributed by atoms with van der Waals surface area (Å²) in [6.07, 6.45) is 0. The minimum atomic E-state index is -1.08. The van der Waals surface area contributed by atoms with Crippen LogP contribution < -0.4 is 4.90 Å². The highest BCUT2D eigenvalue weighted by molar-refractivity contribution is 5.85. The SMILES string of the molecule is CCN(Cc1cc(C(=O)O)no1)c1ccc(C)cc1. The van der Waals surface area contributed by atoms with Crippen molar-refractivity contribution < 1.29 is 14.4 Å². The largest absolute Gasteiger partial charge is 0.476 e. The Bertz CT molecular complexity index is 560. The molecule has 0 radical (unpaired) electrons. The molecule has 0 saturated heterocycles. The fourth-order valence-corrected chi connectivity index (χ4v) is 1.82. The van der Waals surface area contributed by atoms with Gasteiger partial charge in [-0.05, 0) is 26.0 Å². The quantitative estimate of drug-likeness (QED) is 0.895. The van der Waals surface area contributed by atoms with Gasteiger partial charge in [-0.2, -0.15) is 0 Å². The first kappa shape index (κ1) is 13.1. The van der Waals surface area contributed by atoms with Crippen LogP contribution in [0.5, 0.6) is 0 Å². The van der Waals surface area contributed by atoms with Crippen LogP contribution in [0.3, 0.4) is 0 Å². The van der Waals surface area contributed by atoms with Gasteiger partial charge in [0.05, 0.1) is 6.54 Å². The number of carboxylic acid groups (broad SMARTS) is 1. The second kappa shape index (κ2) is 5.56. The van der Waals surface area contributed by atoms with Crippen molar-refractivity contribution in [1.82, 2.24) is 5.16 Å². The number of carboxylic acids is 1. The van der Waals surface area contributed by atoms with Crippen LogP contribution in [0.1, 0.15) is 28.7 Å². The van der Waals surface area contributed by atoms with Gasteiger partial charge in [0.1, 0.15) is 0 Å². The molecule has 1 aromatic carbocycles. The molecule has 1 aromatic heterocycles. The normalized spacial score (nSPS) is 10.4. The lowest BCUT2D eigenvalue weighted by Gasteiger charge is -2.21. The first-order chi connectivity index (χ1) is 9.10. The predicted octanol–water partition coefficient (Wildman–Crippen LogP) is 2.71. The number of aryl methyl sites for hydroxylation is 1. The Hall–Kier alpha value is -2.30. The summed E-state index contributed by atoms with van der Waals surface area (Å²) < 4.78 is 5.03. The van der Waals surface area contributed by atoms with Gasteiger partial charge in [-0.1, -0.05) is 22.9 Å². The second-order valence-corrected chi connectivity index (χ2v) is 4.33. The molecular weight excluding hydrogens is 244 g/mol. The van der Waals surface area contributed by atoms with E-state index in [2.05, 4.69) is 10.1 Å². The highest BCUT2D eigenvalue weighted by atomic mass is 16.5. The zero-order chi connectivity index (χ0) is 13.8. The molecule has 0 bridgehead atoms. The smallest absolute Gasteiger partial charge is 0.358 e. The summed E-state index contributed by atoms with van der Waals surface area (Å²) in [6, 6.07) is 9.61. The molecule has 0 aliphatic heterocycles. The molecule has 1 heterocycles.